The summed E-state index contributed by atoms with van der Waals surface area (Å²) in [7, 11) is 0. The average Bonchev–Trinajstić information content (AvgIpc) is 3.10. The van der Waals surface area contributed by atoms with Crippen molar-refractivity contribution in [1.82, 2.24) is 9.97 Å². The van der Waals surface area contributed by atoms with Crippen molar-refractivity contribution in [3.63, 3.8) is 0 Å². The van der Waals surface area contributed by atoms with Crippen molar-refractivity contribution in [2.75, 3.05) is 18.0 Å². The Bertz CT molecular complexity index is 792. The summed E-state index contributed by atoms with van der Waals surface area (Å²) in [5.41, 5.74) is 0. The van der Waals surface area contributed by atoms with Crippen LogP contribution >= 0.6 is 11.8 Å². The molecule has 3 nitrogen and oxygen atoms in total. The Morgan fingerprint density at radius 1 is 0.909 bits per heavy atom. The van der Waals surface area contributed by atoms with Gasteiger partial charge in [0.25, 0.3) is 0 Å². The molecule has 2 heterocycles. The van der Waals surface area contributed by atoms with Gasteiger partial charge >= 0.3 is 0 Å². The molecule has 0 aliphatic carbocycles. The molecular weight excluding hydrogens is 290 g/mol. The summed E-state index contributed by atoms with van der Waals surface area (Å²) in [6.45, 7) is 2.19. The second kappa shape index (κ2) is 5.97. The van der Waals surface area contributed by atoms with Gasteiger partial charge < -0.3 is 4.90 Å². The summed E-state index contributed by atoms with van der Waals surface area (Å²) in [6.07, 6.45) is 6.23. The van der Waals surface area contributed by atoms with Crippen LogP contribution in [0.5, 0.6) is 0 Å². The number of nitrogens with zero attached hydrogens (tertiary/aromatic N) is 3. The fourth-order valence-electron chi connectivity index (χ4n) is 2.88. The standard InChI is InChI=1S/C18H17N3S/c1-2-8-15-14(6-1)7-5-9-16(15)22-18-13-19-12-17(20-18)21-10-3-4-11-21/h1-2,5-9,12-13H,3-4,10-11H2. The van der Waals surface area contributed by atoms with Crippen LogP contribution in [0, 0.1) is 0 Å². The van der Waals surface area contributed by atoms with Gasteiger partial charge in [0.1, 0.15) is 10.8 Å². The van der Waals surface area contributed by atoms with Gasteiger partial charge in [-0.25, -0.2) is 4.98 Å². The zero-order chi connectivity index (χ0) is 14.8. The summed E-state index contributed by atoms with van der Waals surface area (Å²) < 4.78 is 0. The van der Waals surface area contributed by atoms with Gasteiger partial charge in [0.15, 0.2) is 0 Å². The highest BCUT2D eigenvalue weighted by molar-refractivity contribution is 7.99. The van der Waals surface area contributed by atoms with Crippen molar-refractivity contribution < 1.29 is 0 Å². The molecule has 110 valence electrons. The molecule has 0 unspecified atom stereocenters. The van der Waals surface area contributed by atoms with E-state index in [9.17, 15) is 0 Å². The Kier molecular flexibility index (Phi) is 3.69. The summed E-state index contributed by atoms with van der Waals surface area (Å²) in [6, 6.07) is 14.9. The van der Waals surface area contributed by atoms with Gasteiger partial charge in [-0.2, -0.15) is 0 Å². The number of hydrogen-bond donors (Lipinski definition) is 0. The van der Waals surface area contributed by atoms with Gasteiger partial charge in [-0.05, 0) is 29.7 Å². The Hall–Kier alpha value is -2.07. The molecule has 0 radical (unpaired) electrons. The molecule has 1 fully saturated rings. The molecule has 0 atom stereocenters. The van der Waals surface area contributed by atoms with E-state index in [2.05, 4.69) is 52.3 Å². The maximum atomic E-state index is 4.78. The third-order valence-electron chi connectivity index (χ3n) is 3.99. The van der Waals surface area contributed by atoms with Crippen molar-refractivity contribution in [2.45, 2.75) is 22.8 Å². The number of hydrogen-bond acceptors (Lipinski definition) is 4. The molecule has 0 spiro atoms. The monoisotopic (exact) mass is 307 g/mol. The molecule has 1 aliphatic heterocycles. The van der Waals surface area contributed by atoms with Gasteiger partial charge in [0.05, 0.1) is 12.4 Å². The fraction of sp³-hybridized carbons (Fsp3) is 0.222. The third-order valence-corrected chi connectivity index (χ3v) is 4.98. The first-order valence-electron chi connectivity index (χ1n) is 7.63. The second-order valence-corrected chi connectivity index (χ2v) is 6.55. The largest absolute Gasteiger partial charge is 0.355 e. The highest BCUT2D eigenvalue weighted by Gasteiger charge is 2.14. The zero-order valence-electron chi connectivity index (χ0n) is 12.3. The van der Waals surface area contributed by atoms with E-state index in [0.717, 1.165) is 23.9 Å². The summed E-state index contributed by atoms with van der Waals surface area (Å²) in [5, 5.41) is 3.49. The predicted octanol–water partition coefficient (Wildman–Crippen LogP) is 4.38. The van der Waals surface area contributed by atoms with Crippen LogP contribution < -0.4 is 4.90 Å². The Morgan fingerprint density at radius 2 is 1.73 bits per heavy atom. The molecule has 3 aromatic rings. The van der Waals surface area contributed by atoms with Gasteiger partial charge in [-0.3, -0.25) is 4.98 Å². The molecule has 4 rings (SSSR count). The SMILES string of the molecule is c1ccc2c(Sc3cncc(N4CCCC4)n3)cccc2c1. The molecule has 1 aromatic heterocycles. The summed E-state index contributed by atoms with van der Waals surface area (Å²) in [5.74, 6) is 1.00. The topological polar surface area (TPSA) is 29.0 Å². The first kappa shape index (κ1) is 13.6. The lowest BCUT2D eigenvalue weighted by Crippen LogP contribution is -2.19. The minimum Gasteiger partial charge on any atom is -0.355 e. The Labute approximate surface area is 134 Å². The van der Waals surface area contributed by atoms with E-state index in [-0.39, 0.29) is 0 Å². The first-order valence-corrected chi connectivity index (χ1v) is 8.44. The van der Waals surface area contributed by atoms with Crippen molar-refractivity contribution in [2.24, 2.45) is 0 Å². The van der Waals surface area contributed by atoms with Crippen molar-refractivity contribution in [1.29, 1.82) is 0 Å². The lowest BCUT2D eigenvalue weighted by molar-refractivity contribution is 0.899. The van der Waals surface area contributed by atoms with Crippen molar-refractivity contribution in [3.8, 4) is 0 Å². The number of rotatable bonds is 3. The van der Waals surface area contributed by atoms with Crippen LogP contribution in [0.25, 0.3) is 10.8 Å². The van der Waals surface area contributed by atoms with Gasteiger partial charge in [0.2, 0.25) is 0 Å². The van der Waals surface area contributed by atoms with Gasteiger partial charge in [-0.1, -0.05) is 48.2 Å². The normalized spacial score (nSPS) is 14.6. The van der Waals surface area contributed by atoms with Crippen molar-refractivity contribution in [3.05, 3.63) is 54.9 Å². The number of benzene rings is 2. The van der Waals surface area contributed by atoms with Crippen LogP contribution in [0.4, 0.5) is 5.82 Å². The van der Waals surface area contributed by atoms with Crippen LogP contribution in [0.3, 0.4) is 0 Å². The van der Waals surface area contributed by atoms with E-state index in [1.165, 1.54) is 28.5 Å². The average molecular weight is 307 g/mol. The molecule has 0 N–H and O–H groups in total. The van der Waals surface area contributed by atoms with Crippen LogP contribution in [0.1, 0.15) is 12.8 Å². The molecule has 2 aromatic carbocycles. The maximum Gasteiger partial charge on any atom is 0.148 e. The highest BCUT2D eigenvalue weighted by atomic mass is 32.2. The smallest absolute Gasteiger partial charge is 0.148 e. The van der Waals surface area contributed by atoms with E-state index in [1.54, 1.807) is 11.8 Å². The molecule has 0 amide bonds. The lowest BCUT2D eigenvalue weighted by Gasteiger charge is -2.16. The minimum atomic E-state index is 0.959. The molecular formula is C18H17N3S. The van der Waals surface area contributed by atoms with Crippen molar-refractivity contribution >= 4 is 28.4 Å². The van der Waals surface area contributed by atoms with E-state index in [1.807, 2.05) is 12.4 Å². The number of anilines is 1. The van der Waals surface area contributed by atoms with E-state index in [4.69, 9.17) is 4.98 Å². The van der Waals surface area contributed by atoms with Crippen LogP contribution in [0.2, 0.25) is 0 Å². The van der Waals surface area contributed by atoms with Crippen LogP contribution in [-0.2, 0) is 0 Å². The Morgan fingerprint density at radius 3 is 2.64 bits per heavy atom. The fourth-order valence-corrected chi connectivity index (χ4v) is 3.80. The summed E-state index contributed by atoms with van der Waals surface area (Å²) >= 11 is 1.69. The van der Waals surface area contributed by atoms with E-state index < -0.39 is 0 Å². The van der Waals surface area contributed by atoms with Gasteiger partial charge in [-0.15, -0.1) is 0 Å². The quantitative estimate of drug-likeness (QED) is 0.718. The molecule has 22 heavy (non-hydrogen) atoms. The van der Waals surface area contributed by atoms with Crippen LogP contribution in [-0.4, -0.2) is 23.1 Å². The summed E-state index contributed by atoms with van der Waals surface area (Å²) in [4.78, 5) is 12.7. The van der Waals surface area contributed by atoms with E-state index in [0.29, 0.717) is 0 Å². The number of aromatic nitrogens is 2. The zero-order valence-corrected chi connectivity index (χ0v) is 13.1. The second-order valence-electron chi connectivity index (χ2n) is 5.49. The van der Waals surface area contributed by atoms with E-state index >= 15 is 0 Å². The van der Waals surface area contributed by atoms with Gasteiger partial charge in [0, 0.05) is 18.0 Å². The molecule has 1 aliphatic rings. The molecule has 0 bridgehead atoms. The third kappa shape index (κ3) is 2.66. The molecule has 4 heteroatoms. The molecule has 1 saturated heterocycles. The minimum absolute atomic E-state index is 0.959. The first-order chi connectivity index (χ1) is 10.9. The predicted molar refractivity (Wildman–Crippen MR) is 91.6 cm³/mol. The Balaban J connectivity index is 1.66. The van der Waals surface area contributed by atoms with Crippen LogP contribution in [0.15, 0.2) is 64.8 Å². The molecule has 0 saturated carbocycles. The lowest BCUT2D eigenvalue weighted by atomic mass is 10.1. The highest BCUT2D eigenvalue weighted by Crippen LogP contribution is 2.33. The number of fused-ring (bicyclic) bond motifs is 1. The maximum absolute atomic E-state index is 4.78.